The number of hydrogen-bond acceptors (Lipinski definition) is 4. The summed E-state index contributed by atoms with van der Waals surface area (Å²) in [5.74, 6) is 1.96. The third-order valence-corrected chi connectivity index (χ3v) is 5.09. The number of nitrogens with zero attached hydrogens (tertiary/aromatic N) is 4. The number of aromatic nitrogens is 1. The zero-order valence-corrected chi connectivity index (χ0v) is 15.5. The van der Waals surface area contributed by atoms with Crippen LogP contribution >= 0.6 is 0 Å². The van der Waals surface area contributed by atoms with Crippen molar-refractivity contribution in [2.75, 3.05) is 51.2 Å². The smallest absolute Gasteiger partial charge is 0.191 e. The maximum absolute atomic E-state index is 4.61. The maximum Gasteiger partial charge on any atom is 0.191 e. The average Bonchev–Trinajstić information content (AvgIpc) is 3.20. The first-order valence-electron chi connectivity index (χ1n) is 9.72. The molecule has 2 aliphatic heterocycles. The number of pyridine rings is 1. The normalized spacial score (nSPS) is 19.2. The molecule has 3 heterocycles. The summed E-state index contributed by atoms with van der Waals surface area (Å²) in [6.07, 6.45) is 8.61. The van der Waals surface area contributed by atoms with Crippen molar-refractivity contribution in [2.45, 2.75) is 38.6 Å². The number of hydrogen-bond donors (Lipinski definition) is 2. The molecule has 0 spiro atoms. The molecular formula is C19H32N6. The number of likely N-dealkylation sites (tertiary alicyclic amines) is 1. The number of nitrogens with one attached hydrogen (secondary N) is 2. The van der Waals surface area contributed by atoms with Gasteiger partial charge in [0.2, 0.25) is 0 Å². The summed E-state index contributed by atoms with van der Waals surface area (Å²) in [6.45, 7) is 7.52. The maximum atomic E-state index is 4.61. The molecule has 2 aliphatic rings. The fraction of sp³-hybridized carbons (Fsp3) is 0.684. The second kappa shape index (κ2) is 9.61. The van der Waals surface area contributed by atoms with Gasteiger partial charge in [0.05, 0.1) is 0 Å². The highest BCUT2D eigenvalue weighted by Crippen LogP contribution is 2.17. The van der Waals surface area contributed by atoms with E-state index in [0.29, 0.717) is 0 Å². The summed E-state index contributed by atoms with van der Waals surface area (Å²) in [5.41, 5.74) is 1.18. The molecule has 0 bridgehead atoms. The third-order valence-electron chi connectivity index (χ3n) is 5.09. The van der Waals surface area contributed by atoms with Crippen molar-refractivity contribution in [2.24, 2.45) is 4.99 Å². The lowest BCUT2D eigenvalue weighted by molar-refractivity contribution is 0.232. The molecular weight excluding hydrogens is 312 g/mol. The van der Waals surface area contributed by atoms with E-state index >= 15 is 0 Å². The highest BCUT2D eigenvalue weighted by Gasteiger charge is 2.13. The van der Waals surface area contributed by atoms with E-state index in [9.17, 15) is 0 Å². The number of guanidine groups is 1. The van der Waals surface area contributed by atoms with Gasteiger partial charge in [0.15, 0.2) is 5.96 Å². The van der Waals surface area contributed by atoms with E-state index in [1.165, 1.54) is 50.8 Å². The molecule has 2 fully saturated rings. The molecule has 1 aromatic rings. The molecule has 0 unspecified atom stereocenters. The quantitative estimate of drug-likeness (QED) is 0.609. The Labute approximate surface area is 151 Å². The van der Waals surface area contributed by atoms with E-state index < -0.39 is 0 Å². The number of rotatable bonds is 6. The molecule has 3 rings (SSSR count). The number of aliphatic imine (C=N–C) groups is 1. The van der Waals surface area contributed by atoms with Crippen LogP contribution in [-0.2, 0) is 6.54 Å². The Morgan fingerprint density at radius 2 is 1.80 bits per heavy atom. The van der Waals surface area contributed by atoms with Crippen molar-refractivity contribution >= 4 is 11.8 Å². The fourth-order valence-electron chi connectivity index (χ4n) is 3.58. The molecule has 6 heteroatoms. The van der Waals surface area contributed by atoms with E-state index in [2.05, 4.69) is 42.5 Å². The molecule has 6 nitrogen and oxygen atoms in total. The standard InChI is InChI=1S/C19H32N6/c1-20-19(21-9-14-24-10-3-2-4-11-24)23-16-17-7-8-18(22-15-17)25-12-5-6-13-25/h7-8,15H,2-6,9-14,16H2,1H3,(H2,20,21,23). The largest absolute Gasteiger partial charge is 0.357 e. The van der Waals surface area contributed by atoms with Crippen LogP contribution in [0.3, 0.4) is 0 Å². The molecule has 0 aliphatic carbocycles. The molecule has 0 radical (unpaired) electrons. The Morgan fingerprint density at radius 3 is 2.48 bits per heavy atom. The summed E-state index contributed by atoms with van der Waals surface area (Å²) in [5, 5.41) is 6.79. The summed E-state index contributed by atoms with van der Waals surface area (Å²) in [6, 6.07) is 4.30. The van der Waals surface area contributed by atoms with Crippen LogP contribution in [0.2, 0.25) is 0 Å². The van der Waals surface area contributed by atoms with E-state index in [-0.39, 0.29) is 0 Å². The van der Waals surface area contributed by atoms with Crippen molar-refractivity contribution in [3.63, 3.8) is 0 Å². The van der Waals surface area contributed by atoms with Crippen LogP contribution in [0, 0.1) is 0 Å². The molecule has 1 aromatic heterocycles. The van der Waals surface area contributed by atoms with Crippen LogP contribution in [-0.4, -0.2) is 62.2 Å². The van der Waals surface area contributed by atoms with Crippen LogP contribution in [0.15, 0.2) is 23.3 Å². The number of piperidine rings is 1. The monoisotopic (exact) mass is 344 g/mol. The SMILES string of the molecule is CN=C(NCCN1CCCCC1)NCc1ccc(N2CCCC2)nc1. The summed E-state index contributed by atoms with van der Waals surface area (Å²) in [4.78, 5) is 13.8. The van der Waals surface area contributed by atoms with Crippen molar-refractivity contribution < 1.29 is 0 Å². The molecule has 0 saturated carbocycles. The number of anilines is 1. The molecule has 0 amide bonds. The summed E-state index contributed by atoms with van der Waals surface area (Å²) in [7, 11) is 1.82. The average molecular weight is 345 g/mol. The Bertz CT molecular complexity index is 529. The highest BCUT2D eigenvalue weighted by molar-refractivity contribution is 5.79. The van der Waals surface area contributed by atoms with Gasteiger partial charge in [-0.2, -0.15) is 0 Å². The van der Waals surface area contributed by atoms with Gasteiger partial charge < -0.3 is 20.4 Å². The molecule has 25 heavy (non-hydrogen) atoms. The van der Waals surface area contributed by atoms with Crippen LogP contribution in [0.5, 0.6) is 0 Å². The summed E-state index contributed by atoms with van der Waals surface area (Å²) >= 11 is 0. The van der Waals surface area contributed by atoms with Crippen LogP contribution in [0.25, 0.3) is 0 Å². The van der Waals surface area contributed by atoms with E-state index in [4.69, 9.17) is 0 Å². The van der Waals surface area contributed by atoms with Gasteiger partial charge >= 0.3 is 0 Å². The highest BCUT2D eigenvalue weighted by atomic mass is 15.2. The van der Waals surface area contributed by atoms with Gasteiger partial charge in [-0.25, -0.2) is 4.98 Å². The van der Waals surface area contributed by atoms with Crippen LogP contribution in [0.4, 0.5) is 5.82 Å². The Morgan fingerprint density at radius 1 is 1.04 bits per heavy atom. The minimum Gasteiger partial charge on any atom is -0.357 e. The Hall–Kier alpha value is -1.82. The van der Waals surface area contributed by atoms with Crippen molar-refractivity contribution in [1.82, 2.24) is 20.5 Å². The lowest BCUT2D eigenvalue weighted by Gasteiger charge is -2.26. The van der Waals surface area contributed by atoms with Gasteiger partial charge in [-0.3, -0.25) is 4.99 Å². The first-order chi connectivity index (χ1) is 12.3. The second-order valence-corrected chi connectivity index (χ2v) is 6.97. The Balaban J connectivity index is 1.38. The van der Waals surface area contributed by atoms with Crippen molar-refractivity contribution in [3.8, 4) is 0 Å². The second-order valence-electron chi connectivity index (χ2n) is 6.97. The Kier molecular flexibility index (Phi) is 6.91. The first kappa shape index (κ1) is 18.0. The van der Waals surface area contributed by atoms with Crippen LogP contribution in [0.1, 0.15) is 37.7 Å². The molecule has 0 atom stereocenters. The van der Waals surface area contributed by atoms with Gasteiger partial charge in [0.25, 0.3) is 0 Å². The predicted octanol–water partition coefficient (Wildman–Crippen LogP) is 1.83. The lowest BCUT2D eigenvalue weighted by atomic mass is 10.1. The van der Waals surface area contributed by atoms with E-state index in [1.54, 1.807) is 0 Å². The lowest BCUT2D eigenvalue weighted by Crippen LogP contribution is -2.42. The minimum atomic E-state index is 0.747. The van der Waals surface area contributed by atoms with Gasteiger partial charge in [-0.15, -0.1) is 0 Å². The van der Waals surface area contributed by atoms with E-state index in [1.807, 2.05) is 13.2 Å². The summed E-state index contributed by atoms with van der Waals surface area (Å²) < 4.78 is 0. The zero-order chi connectivity index (χ0) is 17.3. The first-order valence-corrected chi connectivity index (χ1v) is 9.72. The molecule has 2 N–H and O–H groups in total. The predicted molar refractivity (Wildman–Crippen MR) is 104 cm³/mol. The minimum absolute atomic E-state index is 0.747. The van der Waals surface area contributed by atoms with E-state index in [0.717, 1.165) is 44.5 Å². The van der Waals surface area contributed by atoms with Gasteiger partial charge in [0, 0.05) is 46.0 Å². The molecule has 2 saturated heterocycles. The zero-order valence-electron chi connectivity index (χ0n) is 15.5. The van der Waals surface area contributed by atoms with Crippen molar-refractivity contribution in [3.05, 3.63) is 23.9 Å². The van der Waals surface area contributed by atoms with Gasteiger partial charge in [-0.05, 0) is 50.4 Å². The third kappa shape index (κ3) is 5.59. The van der Waals surface area contributed by atoms with Crippen molar-refractivity contribution in [1.29, 1.82) is 0 Å². The topological polar surface area (TPSA) is 55.8 Å². The van der Waals surface area contributed by atoms with Gasteiger partial charge in [-0.1, -0.05) is 12.5 Å². The molecule has 138 valence electrons. The fourth-order valence-corrected chi connectivity index (χ4v) is 3.58. The molecule has 0 aromatic carbocycles. The van der Waals surface area contributed by atoms with Crippen LogP contribution < -0.4 is 15.5 Å². The van der Waals surface area contributed by atoms with Gasteiger partial charge in [0.1, 0.15) is 5.82 Å².